The zero-order chi connectivity index (χ0) is 16.7. The molecule has 1 saturated heterocycles. The summed E-state index contributed by atoms with van der Waals surface area (Å²) in [7, 11) is 0. The number of hydrogen-bond acceptors (Lipinski definition) is 3. The third kappa shape index (κ3) is 5.48. The molecule has 0 spiro atoms. The highest BCUT2D eigenvalue weighted by Crippen LogP contribution is 2.14. The quantitative estimate of drug-likeness (QED) is 0.841. The number of piperidine rings is 1. The molecule has 1 aliphatic rings. The molecular weight excluding hydrogens is 299 g/mol. The molecule has 5 nitrogen and oxygen atoms in total. The molecule has 1 aromatic carbocycles. The SMILES string of the molecule is C[C@@H](Cc1ccccc1F)NC(=O)N1CCC[C@@H](OCCO)C1. The number of carbonyl (C=O) groups excluding carboxylic acids is 1. The Morgan fingerprint density at radius 3 is 3.04 bits per heavy atom. The lowest BCUT2D eigenvalue weighted by molar-refractivity contribution is -0.00595. The van der Waals surface area contributed by atoms with Crippen LogP contribution in [0.25, 0.3) is 0 Å². The number of nitrogens with zero attached hydrogens (tertiary/aromatic N) is 1. The standard InChI is InChI=1S/C17H25FN2O3/c1-13(11-14-5-2-3-7-16(14)18)19-17(22)20-8-4-6-15(12-20)23-10-9-21/h2-3,5,7,13,15,21H,4,6,8-12H2,1H3,(H,19,22)/t13-,15+/m0/s1. The largest absolute Gasteiger partial charge is 0.394 e. The van der Waals surface area contributed by atoms with Crippen LogP contribution in [0.2, 0.25) is 0 Å². The van der Waals surface area contributed by atoms with E-state index in [1.807, 2.05) is 6.92 Å². The molecule has 128 valence electrons. The molecule has 0 radical (unpaired) electrons. The monoisotopic (exact) mass is 324 g/mol. The van der Waals surface area contributed by atoms with Crippen molar-refractivity contribution < 1.29 is 19.0 Å². The molecule has 23 heavy (non-hydrogen) atoms. The van der Waals surface area contributed by atoms with E-state index in [4.69, 9.17) is 9.84 Å². The Hall–Kier alpha value is -1.66. The van der Waals surface area contributed by atoms with Crippen LogP contribution in [0.3, 0.4) is 0 Å². The molecule has 6 heteroatoms. The first-order chi connectivity index (χ1) is 11.1. The topological polar surface area (TPSA) is 61.8 Å². The van der Waals surface area contributed by atoms with Gasteiger partial charge in [0.15, 0.2) is 0 Å². The van der Waals surface area contributed by atoms with Crippen LogP contribution in [0.15, 0.2) is 24.3 Å². The average molecular weight is 324 g/mol. The van der Waals surface area contributed by atoms with Crippen LogP contribution in [-0.2, 0) is 11.2 Å². The normalized spacial score (nSPS) is 19.4. The molecule has 2 N–H and O–H groups in total. The fraction of sp³-hybridized carbons (Fsp3) is 0.588. The van der Waals surface area contributed by atoms with Gasteiger partial charge in [0, 0.05) is 19.1 Å². The smallest absolute Gasteiger partial charge is 0.317 e. The summed E-state index contributed by atoms with van der Waals surface area (Å²) in [6.45, 7) is 3.37. The molecule has 0 bridgehead atoms. The summed E-state index contributed by atoms with van der Waals surface area (Å²) in [5.41, 5.74) is 0.600. The number of likely N-dealkylation sites (tertiary alicyclic amines) is 1. The van der Waals surface area contributed by atoms with E-state index in [0.717, 1.165) is 12.8 Å². The van der Waals surface area contributed by atoms with Crippen molar-refractivity contribution in [3.63, 3.8) is 0 Å². The molecule has 2 atom stereocenters. The van der Waals surface area contributed by atoms with Gasteiger partial charge in [0.05, 0.1) is 19.3 Å². The van der Waals surface area contributed by atoms with Crippen LogP contribution in [0.1, 0.15) is 25.3 Å². The Labute approximate surface area is 136 Å². The fourth-order valence-corrected chi connectivity index (χ4v) is 2.82. The molecule has 1 heterocycles. The lowest BCUT2D eigenvalue weighted by atomic mass is 10.1. The van der Waals surface area contributed by atoms with Gasteiger partial charge in [-0.3, -0.25) is 0 Å². The number of aliphatic hydroxyl groups is 1. The molecule has 2 amide bonds. The number of aliphatic hydroxyl groups excluding tert-OH is 1. The number of benzene rings is 1. The van der Waals surface area contributed by atoms with Gasteiger partial charge in [-0.25, -0.2) is 9.18 Å². The third-order valence-corrected chi connectivity index (χ3v) is 3.96. The zero-order valence-electron chi connectivity index (χ0n) is 13.5. The van der Waals surface area contributed by atoms with Gasteiger partial charge in [-0.05, 0) is 37.8 Å². The number of amides is 2. The lowest BCUT2D eigenvalue weighted by Crippen LogP contribution is -2.50. The number of carbonyl (C=O) groups is 1. The Balaban J connectivity index is 1.82. The van der Waals surface area contributed by atoms with Gasteiger partial charge in [0.2, 0.25) is 0 Å². The van der Waals surface area contributed by atoms with Gasteiger partial charge in [-0.1, -0.05) is 18.2 Å². The van der Waals surface area contributed by atoms with E-state index in [1.54, 1.807) is 23.1 Å². The van der Waals surface area contributed by atoms with E-state index in [-0.39, 0.29) is 30.6 Å². The molecule has 0 unspecified atom stereocenters. The van der Waals surface area contributed by atoms with E-state index in [2.05, 4.69) is 5.32 Å². The number of ether oxygens (including phenoxy) is 1. The second-order valence-electron chi connectivity index (χ2n) is 5.95. The van der Waals surface area contributed by atoms with Gasteiger partial charge < -0.3 is 20.1 Å². The first-order valence-corrected chi connectivity index (χ1v) is 8.11. The minimum Gasteiger partial charge on any atom is -0.394 e. The van der Waals surface area contributed by atoms with Gasteiger partial charge in [-0.15, -0.1) is 0 Å². The lowest BCUT2D eigenvalue weighted by Gasteiger charge is -2.33. The van der Waals surface area contributed by atoms with Crippen molar-refractivity contribution in [2.24, 2.45) is 0 Å². The summed E-state index contributed by atoms with van der Waals surface area (Å²) < 4.78 is 19.2. The van der Waals surface area contributed by atoms with Gasteiger partial charge >= 0.3 is 6.03 Å². The van der Waals surface area contributed by atoms with Crippen LogP contribution < -0.4 is 5.32 Å². The second kappa shape index (κ2) is 8.84. The van der Waals surface area contributed by atoms with Crippen molar-refractivity contribution in [3.05, 3.63) is 35.6 Å². The summed E-state index contributed by atoms with van der Waals surface area (Å²) in [5, 5.41) is 11.7. The van der Waals surface area contributed by atoms with Gasteiger partial charge in [0.25, 0.3) is 0 Å². The Morgan fingerprint density at radius 2 is 2.30 bits per heavy atom. The van der Waals surface area contributed by atoms with E-state index in [9.17, 15) is 9.18 Å². The number of halogens is 1. The summed E-state index contributed by atoms with van der Waals surface area (Å²) >= 11 is 0. The highest BCUT2D eigenvalue weighted by atomic mass is 19.1. The Morgan fingerprint density at radius 1 is 1.52 bits per heavy atom. The van der Waals surface area contributed by atoms with Gasteiger partial charge in [-0.2, -0.15) is 0 Å². The summed E-state index contributed by atoms with van der Waals surface area (Å²) in [6, 6.07) is 6.31. The van der Waals surface area contributed by atoms with Gasteiger partial charge in [0.1, 0.15) is 5.82 Å². The van der Waals surface area contributed by atoms with Crippen molar-refractivity contribution in [1.29, 1.82) is 0 Å². The molecule has 0 aromatic heterocycles. The Bertz CT molecular complexity index is 512. The molecule has 2 rings (SSSR count). The minimum atomic E-state index is -0.246. The van der Waals surface area contributed by atoms with Crippen molar-refractivity contribution in [2.75, 3.05) is 26.3 Å². The van der Waals surface area contributed by atoms with Crippen LogP contribution in [0, 0.1) is 5.82 Å². The number of rotatable bonds is 6. The van der Waals surface area contributed by atoms with Crippen molar-refractivity contribution >= 4 is 6.03 Å². The van der Waals surface area contributed by atoms with Crippen molar-refractivity contribution in [1.82, 2.24) is 10.2 Å². The maximum atomic E-state index is 13.7. The third-order valence-electron chi connectivity index (χ3n) is 3.96. The average Bonchev–Trinajstić information content (AvgIpc) is 2.55. The van der Waals surface area contributed by atoms with Crippen LogP contribution in [0.4, 0.5) is 9.18 Å². The predicted octanol–water partition coefficient (Wildman–Crippen LogP) is 1.94. The number of urea groups is 1. The molecular formula is C17H25FN2O3. The molecule has 1 fully saturated rings. The molecule has 0 aliphatic carbocycles. The maximum Gasteiger partial charge on any atom is 0.317 e. The van der Waals surface area contributed by atoms with Crippen LogP contribution in [-0.4, -0.2) is 54.5 Å². The molecule has 0 saturated carbocycles. The number of nitrogens with one attached hydrogen (secondary N) is 1. The van der Waals surface area contributed by atoms with Crippen molar-refractivity contribution in [3.8, 4) is 0 Å². The van der Waals surface area contributed by atoms with E-state index >= 15 is 0 Å². The van der Waals surface area contributed by atoms with Crippen molar-refractivity contribution in [2.45, 2.75) is 38.3 Å². The maximum absolute atomic E-state index is 13.7. The first-order valence-electron chi connectivity index (χ1n) is 8.11. The highest BCUT2D eigenvalue weighted by Gasteiger charge is 2.24. The highest BCUT2D eigenvalue weighted by molar-refractivity contribution is 5.74. The summed E-state index contributed by atoms with van der Waals surface area (Å²) in [5.74, 6) is -0.246. The zero-order valence-corrected chi connectivity index (χ0v) is 13.5. The molecule has 1 aromatic rings. The fourth-order valence-electron chi connectivity index (χ4n) is 2.82. The molecule has 1 aliphatic heterocycles. The second-order valence-corrected chi connectivity index (χ2v) is 5.95. The number of hydrogen-bond donors (Lipinski definition) is 2. The minimum absolute atomic E-state index is 0.0115. The first kappa shape index (κ1) is 17.7. The van der Waals surface area contributed by atoms with E-state index < -0.39 is 0 Å². The summed E-state index contributed by atoms with van der Waals surface area (Å²) in [4.78, 5) is 14.0. The van der Waals surface area contributed by atoms with Crippen LogP contribution >= 0.6 is 0 Å². The van der Waals surface area contributed by atoms with E-state index in [1.165, 1.54) is 6.07 Å². The summed E-state index contributed by atoms with van der Waals surface area (Å²) in [6.07, 6.45) is 2.21. The predicted molar refractivity (Wildman–Crippen MR) is 85.7 cm³/mol. The van der Waals surface area contributed by atoms with E-state index in [0.29, 0.717) is 31.7 Å². The Kier molecular flexibility index (Phi) is 6.80. The van der Waals surface area contributed by atoms with Crippen LogP contribution in [0.5, 0.6) is 0 Å².